The van der Waals surface area contributed by atoms with E-state index in [0.29, 0.717) is 5.92 Å². The minimum atomic E-state index is -0.549. The first-order chi connectivity index (χ1) is 6.83. The van der Waals surface area contributed by atoms with Crippen molar-refractivity contribution in [2.24, 2.45) is 5.73 Å². The molecular weight excluding hydrogens is 178 g/mol. The molecule has 1 heterocycles. The Bertz CT molecular complexity index is 286. The van der Waals surface area contributed by atoms with Crippen LogP contribution < -0.4 is 5.73 Å². The second-order valence-electron chi connectivity index (χ2n) is 3.61. The maximum atomic E-state index is 9.71. The van der Waals surface area contributed by atoms with Crippen LogP contribution in [0.2, 0.25) is 0 Å². The number of hydrogen-bond acceptors (Lipinski definition) is 3. The summed E-state index contributed by atoms with van der Waals surface area (Å²) in [5.74, 6) is 0.437. The maximum absolute atomic E-state index is 9.71. The monoisotopic (exact) mass is 193 g/mol. The average Bonchev–Trinajstić information content (AvgIpc) is 2.15. The highest BCUT2D eigenvalue weighted by molar-refractivity contribution is 5.33. The molecule has 1 fully saturated rings. The Hall–Kier alpha value is -0.900. The van der Waals surface area contributed by atoms with Crippen LogP contribution in [-0.2, 0) is 4.74 Å². The quantitative estimate of drug-likeness (QED) is 0.746. The van der Waals surface area contributed by atoms with Crippen molar-refractivity contribution >= 4 is 0 Å². The Morgan fingerprint density at radius 2 is 2.14 bits per heavy atom. The fraction of sp³-hybridized carbons (Fsp3) is 0.455. The van der Waals surface area contributed by atoms with Crippen LogP contribution in [0.4, 0.5) is 0 Å². The lowest BCUT2D eigenvalue weighted by Gasteiger charge is -2.29. The lowest BCUT2D eigenvalue weighted by molar-refractivity contribution is 0.00720. The first kappa shape index (κ1) is 9.65. The van der Waals surface area contributed by atoms with Gasteiger partial charge in [0.15, 0.2) is 0 Å². The first-order valence-corrected chi connectivity index (χ1v) is 4.87. The van der Waals surface area contributed by atoms with Crippen molar-refractivity contribution in [3.8, 4) is 0 Å². The average molecular weight is 193 g/mol. The smallest absolute Gasteiger partial charge is 0.0915 e. The van der Waals surface area contributed by atoms with Crippen molar-refractivity contribution in [3.63, 3.8) is 0 Å². The normalized spacial score (nSPS) is 19.0. The molecule has 1 aromatic carbocycles. The molecular formula is C11H15NO2. The van der Waals surface area contributed by atoms with Crippen LogP contribution in [0.5, 0.6) is 0 Å². The van der Waals surface area contributed by atoms with Gasteiger partial charge >= 0.3 is 0 Å². The van der Waals surface area contributed by atoms with E-state index in [1.165, 1.54) is 5.56 Å². The van der Waals surface area contributed by atoms with Gasteiger partial charge in [0.2, 0.25) is 0 Å². The van der Waals surface area contributed by atoms with Gasteiger partial charge in [-0.3, -0.25) is 0 Å². The van der Waals surface area contributed by atoms with Crippen LogP contribution in [-0.4, -0.2) is 24.9 Å². The molecule has 1 aliphatic rings. The number of benzene rings is 1. The third kappa shape index (κ3) is 1.66. The lowest BCUT2D eigenvalue weighted by atomic mass is 9.90. The van der Waals surface area contributed by atoms with E-state index in [-0.39, 0.29) is 6.54 Å². The highest BCUT2D eigenvalue weighted by Crippen LogP contribution is 2.29. The second-order valence-corrected chi connectivity index (χ2v) is 3.61. The molecule has 1 saturated heterocycles. The Labute approximate surface area is 83.5 Å². The summed E-state index contributed by atoms with van der Waals surface area (Å²) in [6.45, 7) is 1.78. The zero-order chi connectivity index (χ0) is 9.97. The minimum absolute atomic E-state index is 0.268. The molecule has 3 N–H and O–H groups in total. The van der Waals surface area contributed by atoms with E-state index in [1.54, 1.807) is 0 Å². The number of aliphatic hydroxyl groups excluding tert-OH is 1. The van der Waals surface area contributed by atoms with Gasteiger partial charge in [-0.05, 0) is 11.1 Å². The summed E-state index contributed by atoms with van der Waals surface area (Å²) < 4.78 is 5.14. The summed E-state index contributed by atoms with van der Waals surface area (Å²) in [5, 5.41) is 9.71. The van der Waals surface area contributed by atoms with Gasteiger partial charge in [-0.1, -0.05) is 24.3 Å². The van der Waals surface area contributed by atoms with Crippen molar-refractivity contribution in [3.05, 3.63) is 35.4 Å². The van der Waals surface area contributed by atoms with Crippen LogP contribution in [0.1, 0.15) is 23.1 Å². The number of ether oxygens (including phenoxy) is 1. The van der Waals surface area contributed by atoms with Crippen molar-refractivity contribution < 1.29 is 9.84 Å². The van der Waals surface area contributed by atoms with E-state index in [1.807, 2.05) is 24.3 Å². The van der Waals surface area contributed by atoms with Crippen molar-refractivity contribution in [2.75, 3.05) is 19.8 Å². The van der Waals surface area contributed by atoms with Gasteiger partial charge in [0.05, 0.1) is 19.3 Å². The predicted octanol–water partition coefficient (Wildman–Crippen LogP) is 0.793. The number of aliphatic hydroxyl groups is 1. The first-order valence-electron chi connectivity index (χ1n) is 4.87. The van der Waals surface area contributed by atoms with E-state index < -0.39 is 6.10 Å². The Morgan fingerprint density at radius 3 is 2.71 bits per heavy atom. The van der Waals surface area contributed by atoms with Gasteiger partial charge in [-0.15, -0.1) is 0 Å². The molecule has 0 bridgehead atoms. The molecule has 3 nitrogen and oxygen atoms in total. The van der Waals surface area contributed by atoms with Crippen LogP contribution in [0.3, 0.4) is 0 Å². The van der Waals surface area contributed by atoms with Crippen LogP contribution in [0.25, 0.3) is 0 Å². The van der Waals surface area contributed by atoms with E-state index in [9.17, 15) is 5.11 Å². The molecule has 1 aromatic rings. The Balaban J connectivity index is 2.27. The van der Waals surface area contributed by atoms with E-state index >= 15 is 0 Å². The number of rotatable bonds is 3. The van der Waals surface area contributed by atoms with Gasteiger partial charge < -0.3 is 15.6 Å². The van der Waals surface area contributed by atoms with E-state index in [2.05, 4.69) is 0 Å². The summed E-state index contributed by atoms with van der Waals surface area (Å²) in [5.41, 5.74) is 7.58. The molecule has 76 valence electrons. The SMILES string of the molecule is NCC(O)c1ccccc1C1COC1. The molecule has 0 spiro atoms. The minimum Gasteiger partial charge on any atom is -0.387 e. The fourth-order valence-corrected chi connectivity index (χ4v) is 1.73. The van der Waals surface area contributed by atoms with Gasteiger partial charge in [0, 0.05) is 12.5 Å². The third-order valence-electron chi connectivity index (χ3n) is 2.66. The highest BCUT2D eigenvalue weighted by atomic mass is 16.5. The van der Waals surface area contributed by atoms with Gasteiger partial charge in [-0.25, -0.2) is 0 Å². The lowest BCUT2D eigenvalue weighted by Crippen LogP contribution is -2.27. The molecule has 1 atom stereocenters. The van der Waals surface area contributed by atoms with E-state index in [0.717, 1.165) is 18.8 Å². The Morgan fingerprint density at radius 1 is 1.43 bits per heavy atom. The van der Waals surface area contributed by atoms with Crippen molar-refractivity contribution in [1.29, 1.82) is 0 Å². The fourth-order valence-electron chi connectivity index (χ4n) is 1.73. The topological polar surface area (TPSA) is 55.5 Å². The molecule has 0 amide bonds. The number of hydrogen-bond donors (Lipinski definition) is 2. The molecule has 14 heavy (non-hydrogen) atoms. The molecule has 1 aliphatic heterocycles. The second kappa shape index (κ2) is 4.09. The van der Waals surface area contributed by atoms with Crippen molar-refractivity contribution in [1.82, 2.24) is 0 Å². The molecule has 0 radical (unpaired) electrons. The largest absolute Gasteiger partial charge is 0.387 e. The molecule has 0 aliphatic carbocycles. The summed E-state index contributed by atoms with van der Waals surface area (Å²) in [6.07, 6.45) is -0.549. The maximum Gasteiger partial charge on any atom is 0.0915 e. The zero-order valence-corrected chi connectivity index (χ0v) is 8.02. The van der Waals surface area contributed by atoms with E-state index in [4.69, 9.17) is 10.5 Å². The molecule has 0 saturated carbocycles. The van der Waals surface area contributed by atoms with Crippen LogP contribution in [0.15, 0.2) is 24.3 Å². The molecule has 0 aromatic heterocycles. The standard InChI is InChI=1S/C11H15NO2/c12-5-11(13)10-4-2-1-3-9(10)8-6-14-7-8/h1-4,8,11,13H,5-7,12H2. The van der Waals surface area contributed by atoms with Crippen LogP contribution in [0, 0.1) is 0 Å². The summed E-state index contributed by atoms with van der Waals surface area (Å²) >= 11 is 0. The summed E-state index contributed by atoms with van der Waals surface area (Å²) in [6, 6.07) is 7.89. The highest BCUT2D eigenvalue weighted by Gasteiger charge is 2.24. The number of nitrogens with two attached hydrogens (primary N) is 1. The summed E-state index contributed by atoms with van der Waals surface area (Å²) in [4.78, 5) is 0. The third-order valence-corrected chi connectivity index (χ3v) is 2.66. The molecule has 3 heteroatoms. The van der Waals surface area contributed by atoms with Crippen LogP contribution >= 0.6 is 0 Å². The molecule has 2 rings (SSSR count). The van der Waals surface area contributed by atoms with Gasteiger partial charge in [-0.2, -0.15) is 0 Å². The Kier molecular flexibility index (Phi) is 2.82. The summed E-state index contributed by atoms with van der Waals surface area (Å²) in [7, 11) is 0. The van der Waals surface area contributed by atoms with Gasteiger partial charge in [0.1, 0.15) is 0 Å². The van der Waals surface area contributed by atoms with Gasteiger partial charge in [0.25, 0.3) is 0 Å². The van der Waals surface area contributed by atoms with Crippen molar-refractivity contribution in [2.45, 2.75) is 12.0 Å². The predicted molar refractivity (Wildman–Crippen MR) is 54.0 cm³/mol. The molecule has 1 unspecified atom stereocenters. The zero-order valence-electron chi connectivity index (χ0n) is 8.02.